The van der Waals surface area contributed by atoms with E-state index in [1.54, 1.807) is 6.07 Å². The summed E-state index contributed by atoms with van der Waals surface area (Å²) in [7, 11) is 0. The Hall–Kier alpha value is -0.510. The first kappa shape index (κ1) is 12.5. The lowest BCUT2D eigenvalue weighted by Gasteiger charge is -2.05. The van der Waals surface area contributed by atoms with Gasteiger partial charge in [0.1, 0.15) is 23.2 Å². The van der Waals surface area contributed by atoms with Crippen LogP contribution in [0.2, 0.25) is 5.02 Å². The van der Waals surface area contributed by atoms with E-state index in [4.69, 9.17) is 22.1 Å². The smallest absolute Gasteiger partial charge is 0.145 e. The van der Waals surface area contributed by atoms with Crippen LogP contribution in [0.1, 0.15) is 0 Å². The van der Waals surface area contributed by atoms with E-state index >= 15 is 0 Å². The van der Waals surface area contributed by atoms with Gasteiger partial charge in [-0.1, -0.05) is 17.7 Å². The highest BCUT2D eigenvalue weighted by Gasteiger charge is 2.05. The molecular formula is C8H10Cl2FNO. The molecule has 0 fully saturated rings. The van der Waals surface area contributed by atoms with Crippen molar-refractivity contribution < 1.29 is 9.13 Å². The van der Waals surface area contributed by atoms with Gasteiger partial charge >= 0.3 is 0 Å². The summed E-state index contributed by atoms with van der Waals surface area (Å²) in [5, 5.41) is 0.00551. The van der Waals surface area contributed by atoms with Crippen molar-refractivity contribution in [3.63, 3.8) is 0 Å². The highest BCUT2D eigenvalue weighted by Crippen LogP contribution is 2.26. The van der Waals surface area contributed by atoms with Gasteiger partial charge in [-0.3, -0.25) is 0 Å². The standard InChI is InChI=1S/C8H9ClFNO.ClH/c9-8-6(10)2-1-3-7(8)12-5-4-11;/h1-3H,4-5,11H2;1H. The van der Waals surface area contributed by atoms with Crippen LogP contribution in [-0.2, 0) is 0 Å². The van der Waals surface area contributed by atoms with E-state index in [0.29, 0.717) is 18.9 Å². The third-order valence-electron chi connectivity index (χ3n) is 1.29. The van der Waals surface area contributed by atoms with Gasteiger partial charge in [-0.15, -0.1) is 12.4 Å². The number of ether oxygens (including phenoxy) is 1. The molecule has 0 atom stereocenters. The van der Waals surface area contributed by atoms with Gasteiger partial charge in [-0.05, 0) is 12.1 Å². The Labute approximate surface area is 87.2 Å². The lowest BCUT2D eigenvalue weighted by atomic mass is 10.3. The summed E-state index contributed by atoms with van der Waals surface area (Å²) in [6.07, 6.45) is 0. The van der Waals surface area contributed by atoms with Crippen molar-refractivity contribution in [2.45, 2.75) is 0 Å². The maximum atomic E-state index is 12.8. The molecule has 0 radical (unpaired) electrons. The minimum atomic E-state index is -0.480. The second-order valence-electron chi connectivity index (χ2n) is 2.19. The summed E-state index contributed by atoms with van der Waals surface area (Å²) in [5.41, 5.74) is 5.20. The quantitative estimate of drug-likeness (QED) is 0.857. The molecule has 0 aromatic heterocycles. The molecule has 0 aliphatic carbocycles. The summed E-state index contributed by atoms with van der Waals surface area (Å²) < 4.78 is 17.8. The molecule has 5 heteroatoms. The second kappa shape index (κ2) is 6.02. The fourth-order valence-electron chi connectivity index (χ4n) is 0.764. The van der Waals surface area contributed by atoms with Gasteiger partial charge in [-0.25, -0.2) is 4.39 Å². The molecule has 74 valence electrons. The molecule has 0 aliphatic rings. The Morgan fingerprint density at radius 2 is 2.15 bits per heavy atom. The van der Waals surface area contributed by atoms with Crippen LogP contribution in [0, 0.1) is 5.82 Å². The first-order valence-electron chi connectivity index (χ1n) is 3.52. The predicted octanol–water partition coefficient (Wildman–Crippen LogP) is 2.24. The Kier molecular flexibility index (Phi) is 5.79. The Balaban J connectivity index is 0.00000144. The highest BCUT2D eigenvalue weighted by molar-refractivity contribution is 6.32. The van der Waals surface area contributed by atoms with E-state index in [-0.39, 0.29) is 17.4 Å². The zero-order valence-corrected chi connectivity index (χ0v) is 8.37. The predicted molar refractivity (Wildman–Crippen MR) is 53.2 cm³/mol. The van der Waals surface area contributed by atoms with Crippen LogP contribution in [0.25, 0.3) is 0 Å². The third kappa shape index (κ3) is 3.38. The topological polar surface area (TPSA) is 35.2 Å². The highest BCUT2D eigenvalue weighted by atomic mass is 35.5. The van der Waals surface area contributed by atoms with Crippen molar-refractivity contribution in [2.75, 3.05) is 13.2 Å². The van der Waals surface area contributed by atoms with Crippen LogP contribution in [-0.4, -0.2) is 13.2 Å². The Morgan fingerprint density at radius 1 is 1.46 bits per heavy atom. The molecule has 0 heterocycles. The van der Waals surface area contributed by atoms with E-state index in [1.165, 1.54) is 12.1 Å². The molecular weight excluding hydrogens is 216 g/mol. The number of hydrogen-bond donors (Lipinski definition) is 1. The lowest BCUT2D eigenvalue weighted by Crippen LogP contribution is -2.10. The molecule has 0 spiro atoms. The maximum Gasteiger partial charge on any atom is 0.145 e. The summed E-state index contributed by atoms with van der Waals surface area (Å²) in [4.78, 5) is 0. The van der Waals surface area contributed by atoms with Crippen LogP contribution in [0.15, 0.2) is 18.2 Å². The molecule has 0 amide bonds. The molecule has 2 N–H and O–H groups in total. The molecule has 0 aliphatic heterocycles. The zero-order chi connectivity index (χ0) is 8.97. The number of hydrogen-bond acceptors (Lipinski definition) is 2. The van der Waals surface area contributed by atoms with Crippen LogP contribution >= 0.6 is 24.0 Å². The van der Waals surface area contributed by atoms with Crippen LogP contribution < -0.4 is 10.5 Å². The Bertz CT molecular complexity index is 270. The largest absolute Gasteiger partial charge is 0.491 e. The molecule has 1 rings (SSSR count). The van der Waals surface area contributed by atoms with Crippen molar-refractivity contribution in [2.24, 2.45) is 5.73 Å². The summed E-state index contributed by atoms with van der Waals surface area (Å²) in [6, 6.07) is 4.41. The van der Waals surface area contributed by atoms with E-state index in [2.05, 4.69) is 0 Å². The van der Waals surface area contributed by atoms with Gasteiger partial charge in [0.15, 0.2) is 0 Å². The Morgan fingerprint density at radius 3 is 2.77 bits per heavy atom. The summed E-state index contributed by atoms with van der Waals surface area (Å²) >= 11 is 5.59. The van der Waals surface area contributed by atoms with Gasteiger partial charge in [-0.2, -0.15) is 0 Å². The number of nitrogens with two attached hydrogens (primary N) is 1. The molecule has 1 aromatic carbocycles. The second-order valence-corrected chi connectivity index (χ2v) is 2.57. The minimum absolute atomic E-state index is 0. The third-order valence-corrected chi connectivity index (χ3v) is 1.66. The molecule has 0 bridgehead atoms. The lowest BCUT2D eigenvalue weighted by molar-refractivity contribution is 0.327. The van der Waals surface area contributed by atoms with Crippen LogP contribution in [0.3, 0.4) is 0 Å². The maximum absolute atomic E-state index is 12.8. The van der Waals surface area contributed by atoms with Crippen LogP contribution in [0.5, 0.6) is 5.75 Å². The normalized spacial score (nSPS) is 9.15. The zero-order valence-electron chi connectivity index (χ0n) is 6.80. The van der Waals surface area contributed by atoms with Gasteiger partial charge in [0.25, 0.3) is 0 Å². The first-order chi connectivity index (χ1) is 5.75. The molecule has 0 saturated heterocycles. The van der Waals surface area contributed by atoms with Crippen molar-refractivity contribution >= 4 is 24.0 Å². The molecule has 2 nitrogen and oxygen atoms in total. The number of benzene rings is 1. The number of rotatable bonds is 3. The molecule has 13 heavy (non-hydrogen) atoms. The first-order valence-corrected chi connectivity index (χ1v) is 3.90. The summed E-state index contributed by atoms with van der Waals surface area (Å²) in [6.45, 7) is 0.718. The monoisotopic (exact) mass is 225 g/mol. The molecule has 0 saturated carbocycles. The summed E-state index contributed by atoms with van der Waals surface area (Å²) in [5.74, 6) is -0.145. The minimum Gasteiger partial charge on any atom is -0.491 e. The van der Waals surface area contributed by atoms with Gasteiger partial charge < -0.3 is 10.5 Å². The van der Waals surface area contributed by atoms with E-state index in [9.17, 15) is 4.39 Å². The number of halogens is 3. The van der Waals surface area contributed by atoms with Crippen LogP contribution in [0.4, 0.5) is 4.39 Å². The van der Waals surface area contributed by atoms with E-state index in [0.717, 1.165) is 0 Å². The van der Waals surface area contributed by atoms with Crippen molar-refractivity contribution in [3.8, 4) is 5.75 Å². The average molecular weight is 226 g/mol. The van der Waals surface area contributed by atoms with Crippen molar-refractivity contribution in [1.82, 2.24) is 0 Å². The SMILES string of the molecule is Cl.NCCOc1cccc(F)c1Cl. The van der Waals surface area contributed by atoms with Crippen molar-refractivity contribution in [1.29, 1.82) is 0 Å². The fourth-order valence-corrected chi connectivity index (χ4v) is 0.945. The fraction of sp³-hybridized carbons (Fsp3) is 0.250. The van der Waals surface area contributed by atoms with Crippen molar-refractivity contribution in [3.05, 3.63) is 29.0 Å². The van der Waals surface area contributed by atoms with E-state index in [1.807, 2.05) is 0 Å². The average Bonchev–Trinajstić information content (AvgIpc) is 2.08. The van der Waals surface area contributed by atoms with Gasteiger partial charge in [0.2, 0.25) is 0 Å². The van der Waals surface area contributed by atoms with Gasteiger partial charge in [0, 0.05) is 6.54 Å². The molecule has 1 aromatic rings. The van der Waals surface area contributed by atoms with E-state index < -0.39 is 5.82 Å². The molecule has 0 unspecified atom stereocenters. The van der Waals surface area contributed by atoms with Gasteiger partial charge in [0.05, 0.1) is 0 Å².